The van der Waals surface area contributed by atoms with Crippen LogP contribution in [-0.2, 0) is 0 Å². The standard InChI is InChI=1S/C15H12Cl2N2O4/c1-2-23-14-6-3-9(7-12(14)17)15(20)18-13-5-4-10(19(21)22)8-11(13)16/h3-8H,2H2,1H3,(H,18,20). The third-order valence-corrected chi connectivity index (χ3v) is 3.51. The van der Waals surface area contributed by atoms with E-state index in [4.69, 9.17) is 27.9 Å². The molecule has 0 radical (unpaired) electrons. The molecule has 120 valence electrons. The van der Waals surface area contributed by atoms with E-state index in [2.05, 4.69) is 5.32 Å². The molecule has 0 saturated heterocycles. The first kappa shape index (κ1) is 17.1. The van der Waals surface area contributed by atoms with Crippen LogP contribution in [0.15, 0.2) is 36.4 Å². The van der Waals surface area contributed by atoms with Crippen LogP contribution < -0.4 is 10.1 Å². The number of carbonyl (C=O) groups excluding carboxylic acids is 1. The summed E-state index contributed by atoms with van der Waals surface area (Å²) >= 11 is 12.0. The van der Waals surface area contributed by atoms with Crippen molar-refractivity contribution in [2.45, 2.75) is 6.92 Å². The number of nitrogens with one attached hydrogen (secondary N) is 1. The summed E-state index contributed by atoms with van der Waals surface area (Å²) in [4.78, 5) is 22.3. The molecule has 0 bridgehead atoms. The Hall–Kier alpha value is -2.31. The molecule has 0 saturated carbocycles. The molecule has 0 aromatic heterocycles. The minimum absolute atomic E-state index is 0.0737. The normalized spacial score (nSPS) is 10.2. The lowest BCUT2D eigenvalue weighted by Gasteiger charge is -2.09. The van der Waals surface area contributed by atoms with Crippen LogP contribution in [0.25, 0.3) is 0 Å². The maximum atomic E-state index is 12.2. The van der Waals surface area contributed by atoms with E-state index in [-0.39, 0.29) is 16.4 Å². The molecule has 23 heavy (non-hydrogen) atoms. The summed E-state index contributed by atoms with van der Waals surface area (Å²) in [7, 11) is 0. The zero-order chi connectivity index (χ0) is 17.0. The summed E-state index contributed by atoms with van der Waals surface area (Å²) in [6.45, 7) is 2.29. The largest absolute Gasteiger partial charge is 0.492 e. The fourth-order valence-corrected chi connectivity index (χ4v) is 2.29. The lowest BCUT2D eigenvalue weighted by atomic mass is 10.2. The highest BCUT2D eigenvalue weighted by Gasteiger charge is 2.14. The van der Waals surface area contributed by atoms with Gasteiger partial charge < -0.3 is 10.1 Å². The van der Waals surface area contributed by atoms with Crippen LogP contribution in [0.3, 0.4) is 0 Å². The van der Waals surface area contributed by atoms with Crippen LogP contribution in [-0.4, -0.2) is 17.4 Å². The molecule has 8 heteroatoms. The van der Waals surface area contributed by atoms with Crippen molar-refractivity contribution < 1.29 is 14.5 Å². The van der Waals surface area contributed by atoms with E-state index in [9.17, 15) is 14.9 Å². The fraction of sp³-hybridized carbons (Fsp3) is 0.133. The monoisotopic (exact) mass is 354 g/mol. The van der Waals surface area contributed by atoms with Crippen molar-refractivity contribution >= 4 is 40.5 Å². The molecule has 2 aromatic rings. The van der Waals surface area contributed by atoms with Gasteiger partial charge in [-0.3, -0.25) is 14.9 Å². The van der Waals surface area contributed by atoms with E-state index in [0.29, 0.717) is 22.9 Å². The maximum Gasteiger partial charge on any atom is 0.271 e. The van der Waals surface area contributed by atoms with Gasteiger partial charge in [0, 0.05) is 17.7 Å². The third-order valence-electron chi connectivity index (χ3n) is 2.91. The number of nitro groups is 1. The summed E-state index contributed by atoms with van der Waals surface area (Å²) < 4.78 is 5.30. The molecule has 0 heterocycles. The molecular formula is C15H12Cl2N2O4. The molecule has 1 amide bonds. The van der Waals surface area contributed by atoms with Gasteiger partial charge >= 0.3 is 0 Å². The second-order valence-corrected chi connectivity index (χ2v) is 5.27. The third kappa shape index (κ3) is 4.12. The number of anilines is 1. The second kappa shape index (κ2) is 7.30. The molecule has 1 N–H and O–H groups in total. The molecular weight excluding hydrogens is 343 g/mol. The SMILES string of the molecule is CCOc1ccc(C(=O)Nc2ccc([N+](=O)[O-])cc2Cl)cc1Cl. The molecule has 0 aliphatic heterocycles. The number of nitro benzene ring substituents is 1. The number of nitrogens with zero attached hydrogens (tertiary/aromatic N) is 1. The molecule has 0 atom stereocenters. The molecule has 0 aliphatic rings. The molecule has 0 unspecified atom stereocenters. The van der Waals surface area contributed by atoms with Crippen molar-refractivity contribution in [2.24, 2.45) is 0 Å². The van der Waals surface area contributed by atoms with Crippen molar-refractivity contribution in [1.82, 2.24) is 0 Å². The lowest BCUT2D eigenvalue weighted by molar-refractivity contribution is -0.384. The number of halogens is 2. The number of amides is 1. The van der Waals surface area contributed by atoms with Crippen molar-refractivity contribution in [3.8, 4) is 5.75 Å². The van der Waals surface area contributed by atoms with Crippen molar-refractivity contribution in [3.05, 3.63) is 62.1 Å². The van der Waals surface area contributed by atoms with Gasteiger partial charge in [-0.1, -0.05) is 23.2 Å². The Kier molecular flexibility index (Phi) is 5.41. The Morgan fingerprint density at radius 1 is 1.22 bits per heavy atom. The van der Waals surface area contributed by atoms with Gasteiger partial charge in [0.1, 0.15) is 5.75 Å². The summed E-state index contributed by atoms with van der Waals surface area (Å²) in [5.74, 6) is 0.0461. The van der Waals surface area contributed by atoms with Gasteiger partial charge in [-0.2, -0.15) is 0 Å². The summed E-state index contributed by atoms with van der Waals surface area (Å²) in [5, 5.41) is 13.6. The Labute approximate surface area is 142 Å². The summed E-state index contributed by atoms with van der Waals surface area (Å²) in [6.07, 6.45) is 0. The van der Waals surface area contributed by atoms with E-state index >= 15 is 0 Å². The number of hydrogen-bond donors (Lipinski definition) is 1. The zero-order valence-electron chi connectivity index (χ0n) is 12.0. The number of carbonyl (C=O) groups is 1. The van der Waals surface area contributed by atoms with Crippen LogP contribution in [0.1, 0.15) is 17.3 Å². The highest BCUT2D eigenvalue weighted by molar-refractivity contribution is 6.34. The van der Waals surface area contributed by atoms with Crippen LogP contribution in [0, 0.1) is 10.1 Å². The van der Waals surface area contributed by atoms with Crippen molar-refractivity contribution in [1.29, 1.82) is 0 Å². The van der Waals surface area contributed by atoms with Crippen LogP contribution in [0.2, 0.25) is 10.0 Å². The summed E-state index contributed by atoms with van der Waals surface area (Å²) in [6, 6.07) is 8.42. The molecule has 6 nitrogen and oxygen atoms in total. The van der Waals surface area contributed by atoms with Gasteiger partial charge in [-0.25, -0.2) is 0 Å². The molecule has 2 aromatic carbocycles. The minimum Gasteiger partial charge on any atom is -0.492 e. The van der Waals surface area contributed by atoms with E-state index in [1.165, 1.54) is 24.3 Å². The van der Waals surface area contributed by atoms with Crippen molar-refractivity contribution in [2.75, 3.05) is 11.9 Å². The maximum absolute atomic E-state index is 12.2. The zero-order valence-corrected chi connectivity index (χ0v) is 13.5. The van der Waals surface area contributed by atoms with Gasteiger partial charge in [-0.05, 0) is 31.2 Å². The number of ether oxygens (including phenoxy) is 1. The average molecular weight is 355 g/mol. The summed E-state index contributed by atoms with van der Waals surface area (Å²) in [5.41, 5.74) is 0.428. The average Bonchev–Trinajstić information content (AvgIpc) is 2.51. The van der Waals surface area contributed by atoms with Crippen LogP contribution >= 0.6 is 23.2 Å². The predicted molar refractivity (Wildman–Crippen MR) is 88.7 cm³/mol. The minimum atomic E-state index is -0.566. The number of hydrogen-bond acceptors (Lipinski definition) is 4. The Bertz CT molecular complexity index is 765. The molecule has 2 rings (SSSR count). The van der Waals surface area contributed by atoms with E-state index < -0.39 is 10.8 Å². The first-order valence-corrected chi connectivity index (χ1v) is 7.35. The molecule has 0 spiro atoms. The van der Waals surface area contributed by atoms with Gasteiger partial charge in [0.25, 0.3) is 11.6 Å². The van der Waals surface area contributed by atoms with Crippen LogP contribution in [0.4, 0.5) is 11.4 Å². The molecule has 0 aliphatic carbocycles. The van der Waals surface area contributed by atoms with E-state index in [1.54, 1.807) is 12.1 Å². The highest BCUT2D eigenvalue weighted by Crippen LogP contribution is 2.28. The Morgan fingerprint density at radius 2 is 1.96 bits per heavy atom. The number of rotatable bonds is 5. The Morgan fingerprint density at radius 3 is 2.52 bits per heavy atom. The number of non-ortho nitro benzene ring substituents is 1. The van der Waals surface area contributed by atoms with Gasteiger partial charge in [0.15, 0.2) is 0 Å². The lowest BCUT2D eigenvalue weighted by Crippen LogP contribution is -2.12. The van der Waals surface area contributed by atoms with Gasteiger partial charge in [0.05, 0.1) is 27.3 Å². The van der Waals surface area contributed by atoms with Gasteiger partial charge in [-0.15, -0.1) is 0 Å². The van der Waals surface area contributed by atoms with E-state index in [1.807, 2.05) is 6.92 Å². The van der Waals surface area contributed by atoms with Gasteiger partial charge in [0.2, 0.25) is 0 Å². The van der Waals surface area contributed by atoms with Crippen LogP contribution in [0.5, 0.6) is 5.75 Å². The molecule has 0 fully saturated rings. The predicted octanol–water partition coefficient (Wildman–Crippen LogP) is 4.55. The Balaban J connectivity index is 2.19. The number of benzene rings is 2. The van der Waals surface area contributed by atoms with Crippen molar-refractivity contribution in [3.63, 3.8) is 0 Å². The van der Waals surface area contributed by atoms with E-state index in [0.717, 1.165) is 0 Å². The quantitative estimate of drug-likeness (QED) is 0.630. The fourth-order valence-electron chi connectivity index (χ4n) is 1.83. The first-order chi connectivity index (χ1) is 10.9. The smallest absolute Gasteiger partial charge is 0.271 e. The highest BCUT2D eigenvalue weighted by atomic mass is 35.5. The topological polar surface area (TPSA) is 81.5 Å². The first-order valence-electron chi connectivity index (χ1n) is 6.60. The second-order valence-electron chi connectivity index (χ2n) is 4.45.